The Labute approximate surface area is 178 Å². The van der Waals surface area contributed by atoms with Crippen LogP contribution in [-0.4, -0.2) is 34.9 Å². The van der Waals surface area contributed by atoms with Gasteiger partial charge in [0.25, 0.3) is 12.3 Å². The molecule has 4 rings (SSSR count). The summed E-state index contributed by atoms with van der Waals surface area (Å²) in [5, 5.41) is 13.5. The topological polar surface area (TPSA) is 84.3 Å². The van der Waals surface area contributed by atoms with E-state index in [1.54, 1.807) is 18.2 Å². The number of hydrogen-bond acceptors (Lipinski definition) is 6. The molecule has 0 aliphatic heterocycles. The fourth-order valence-corrected chi connectivity index (χ4v) is 3.61. The second-order valence-corrected chi connectivity index (χ2v) is 7.42. The van der Waals surface area contributed by atoms with Crippen LogP contribution in [-0.2, 0) is 6.42 Å². The van der Waals surface area contributed by atoms with Crippen molar-refractivity contribution in [1.29, 1.82) is 5.26 Å². The van der Waals surface area contributed by atoms with Gasteiger partial charge in [-0.2, -0.15) is 10.2 Å². The lowest BCUT2D eigenvalue weighted by Gasteiger charge is -2.11. The van der Waals surface area contributed by atoms with Gasteiger partial charge in [0.15, 0.2) is 0 Å². The predicted molar refractivity (Wildman–Crippen MR) is 111 cm³/mol. The molecule has 0 unspecified atom stereocenters. The summed E-state index contributed by atoms with van der Waals surface area (Å²) in [4.78, 5) is 8.56. The van der Waals surface area contributed by atoms with Crippen molar-refractivity contribution in [3.63, 3.8) is 0 Å². The van der Waals surface area contributed by atoms with Gasteiger partial charge in [-0.3, -0.25) is 4.99 Å². The second-order valence-electron chi connectivity index (χ2n) is 7.42. The third-order valence-corrected chi connectivity index (χ3v) is 4.90. The number of fused-ring (bicyclic) bond motifs is 1. The lowest BCUT2D eigenvalue weighted by molar-refractivity contribution is 0.159. The number of rotatable bonds is 6. The number of hydrogen-bond donors (Lipinski definition) is 0. The molecular formula is C23H20F2N4O2. The van der Waals surface area contributed by atoms with Crippen LogP contribution in [0.3, 0.4) is 0 Å². The normalized spacial score (nSPS) is 14.3. The van der Waals surface area contributed by atoms with E-state index in [2.05, 4.69) is 21.2 Å². The molecule has 0 N–H and O–H groups in total. The van der Waals surface area contributed by atoms with Gasteiger partial charge in [-0.25, -0.2) is 8.78 Å². The van der Waals surface area contributed by atoms with Crippen molar-refractivity contribution in [3.05, 3.63) is 53.1 Å². The largest absolute Gasteiger partial charge is 0.490 e. The molecule has 0 saturated carbocycles. The highest BCUT2D eigenvalue weighted by atomic mass is 19.3. The zero-order valence-electron chi connectivity index (χ0n) is 17.1. The van der Waals surface area contributed by atoms with Crippen LogP contribution in [0.25, 0.3) is 22.8 Å². The molecular weight excluding hydrogens is 402 g/mol. The molecule has 0 fully saturated rings. The van der Waals surface area contributed by atoms with E-state index in [0.717, 1.165) is 16.7 Å². The second kappa shape index (κ2) is 8.64. The molecule has 3 aromatic rings. The summed E-state index contributed by atoms with van der Waals surface area (Å²) in [5.74, 6) is 1.19. The molecule has 2 aromatic carbocycles. The van der Waals surface area contributed by atoms with E-state index >= 15 is 0 Å². The fraction of sp³-hybridized carbons (Fsp3) is 0.304. The van der Waals surface area contributed by atoms with Crippen LogP contribution < -0.4 is 4.74 Å². The maximum atomic E-state index is 12.5. The van der Waals surface area contributed by atoms with Crippen molar-refractivity contribution in [2.75, 3.05) is 6.54 Å². The maximum Gasteiger partial charge on any atom is 0.258 e. The minimum absolute atomic E-state index is 0.0535. The zero-order chi connectivity index (χ0) is 22.0. The first kappa shape index (κ1) is 20.7. The lowest BCUT2D eigenvalue weighted by Crippen LogP contribution is -2.06. The van der Waals surface area contributed by atoms with Gasteiger partial charge >= 0.3 is 0 Å². The molecule has 1 aliphatic rings. The van der Waals surface area contributed by atoms with Crippen LogP contribution in [0, 0.1) is 11.3 Å². The van der Waals surface area contributed by atoms with Crippen molar-refractivity contribution >= 4 is 5.71 Å². The maximum absolute atomic E-state index is 12.5. The van der Waals surface area contributed by atoms with Crippen molar-refractivity contribution in [2.24, 2.45) is 4.99 Å². The number of benzene rings is 2. The molecule has 0 atom stereocenters. The molecule has 1 aliphatic carbocycles. The minimum atomic E-state index is -2.46. The van der Waals surface area contributed by atoms with E-state index in [4.69, 9.17) is 9.26 Å². The molecule has 158 valence electrons. The summed E-state index contributed by atoms with van der Waals surface area (Å²) in [7, 11) is 0. The fourth-order valence-electron chi connectivity index (χ4n) is 3.61. The monoisotopic (exact) mass is 422 g/mol. The van der Waals surface area contributed by atoms with Crippen LogP contribution in [0.15, 0.2) is 45.9 Å². The van der Waals surface area contributed by atoms with E-state index in [9.17, 15) is 14.0 Å². The SMILES string of the molecule is CC(C)Oc1ccc(-c2nc(-c3cccc4c3CCC4=NCC(F)F)no2)cc1C#N. The Kier molecular flexibility index (Phi) is 5.76. The Bertz CT molecular complexity index is 1180. The number of aromatic nitrogens is 2. The molecule has 0 saturated heterocycles. The number of nitriles is 1. The Hall–Kier alpha value is -3.60. The first-order chi connectivity index (χ1) is 15.0. The number of alkyl halides is 2. The summed E-state index contributed by atoms with van der Waals surface area (Å²) in [6, 6.07) is 12.8. The molecule has 6 nitrogen and oxygen atoms in total. The Morgan fingerprint density at radius 2 is 2.00 bits per heavy atom. The van der Waals surface area contributed by atoms with E-state index in [1.807, 2.05) is 32.0 Å². The van der Waals surface area contributed by atoms with Crippen LogP contribution in [0.4, 0.5) is 8.78 Å². The quantitative estimate of drug-likeness (QED) is 0.554. The highest BCUT2D eigenvalue weighted by molar-refractivity contribution is 6.06. The molecule has 8 heteroatoms. The summed E-state index contributed by atoms with van der Waals surface area (Å²) < 4.78 is 36.2. The molecule has 0 spiro atoms. The summed E-state index contributed by atoms with van der Waals surface area (Å²) in [6.45, 7) is 3.28. The molecule has 0 radical (unpaired) electrons. The van der Waals surface area contributed by atoms with Gasteiger partial charge in [0.1, 0.15) is 18.4 Å². The smallest absolute Gasteiger partial charge is 0.258 e. The van der Waals surface area contributed by atoms with Gasteiger partial charge in [-0.15, -0.1) is 0 Å². The molecule has 0 amide bonds. The average Bonchev–Trinajstić information content (AvgIpc) is 3.39. The number of nitrogens with zero attached hydrogens (tertiary/aromatic N) is 4. The van der Waals surface area contributed by atoms with Crippen LogP contribution in [0.2, 0.25) is 0 Å². The summed E-state index contributed by atoms with van der Waals surface area (Å²) in [5.41, 5.74) is 4.28. The first-order valence-corrected chi connectivity index (χ1v) is 9.95. The van der Waals surface area contributed by atoms with Crippen LogP contribution in [0.5, 0.6) is 5.75 Å². The molecule has 1 heterocycles. The minimum Gasteiger partial charge on any atom is -0.490 e. The predicted octanol–water partition coefficient (Wildman–Crippen LogP) is 5.06. The highest BCUT2D eigenvalue weighted by Crippen LogP contribution is 2.33. The Morgan fingerprint density at radius 3 is 2.74 bits per heavy atom. The number of ether oxygens (including phenoxy) is 1. The third-order valence-electron chi connectivity index (χ3n) is 4.90. The summed E-state index contributed by atoms with van der Waals surface area (Å²) >= 11 is 0. The molecule has 31 heavy (non-hydrogen) atoms. The van der Waals surface area contributed by atoms with Crippen molar-refractivity contribution in [1.82, 2.24) is 10.1 Å². The van der Waals surface area contributed by atoms with Gasteiger partial charge in [0.05, 0.1) is 11.7 Å². The zero-order valence-corrected chi connectivity index (χ0v) is 17.1. The van der Waals surface area contributed by atoms with Crippen LogP contribution >= 0.6 is 0 Å². The van der Waals surface area contributed by atoms with E-state index in [0.29, 0.717) is 41.3 Å². The first-order valence-electron chi connectivity index (χ1n) is 9.95. The van der Waals surface area contributed by atoms with E-state index in [-0.39, 0.29) is 12.0 Å². The lowest BCUT2D eigenvalue weighted by atomic mass is 10.0. The third kappa shape index (κ3) is 4.31. The molecule has 1 aromatic heterocycles. The van der Waals surface area contributed by atoms with E-state index < -0.39 is 13.0 Å². The van der Waals surface area contributed by atoms with Crippen LogP contribution in [0.1, 0.15) is 37.0 Å². The Morgan fingerprint density at radius 1 is 1.19 bits per heavy atom. The molecule has 0 bridgehead atoms. The summed E-state index contributed by atoms with van der Waals surface area (Å²) in [6.07, 6.45) is -1.23. The van der Waals surface area contributed by atoms with Gasteiger partial charge in [-0.05, 0) is 56.0 Å². The van der Waals surface area contributed by atoms with Gasteiger partial charge < -0.3 is 9.26 Å². The van der Waals surface area contributed by atoms with Gasteiger partial charge in [-0.1, -0.05) is 23.4 Å². The Balaban J connectivity index is 1.65. The van der Waals surface area contributed by atoms with Crippen molar-refractivity contribution in [3.8, 4) is 34.7 Å². The number of aliphatic imine (C=N–C) groups is 1. The highest BCUT2D eigenvalue weighted by Gasteiger charge is 2.24. The average molecular weight is 422 g/mol. The number of halogens is 2. The standard InChI is InChI=1S/C23H20F2N4O2/c1-13(2)30-20-9-6-14(10-15(20)11-26)23-28-22(29-31-23)18-5-3-4-17-16(18)7-8-19(17)27-12-21(24)25/h3-6,9-10,13,21H,7-8,12H2,1-2H3. The van der Waals surface area contributed by atoms with E-state index in [1.165, 1.54) is 0 Å². The van der Waals surface area contributed by atoms with Crippen molar-refractivity contribution < 1.29 is 18.0 Å². The van der Waals surface area contributed by atoms with Gasteiger partial charge in [0, 0.05) is 16.8 Å². The van der Waals surface area contributed by atoms with Crippen molar-refractivity contribution in [2.45, 2.75) is 39.2 Å². The van der Waals surface area contributed by atoms with Gasteiger partial charge in [0.2, 0.25) is 5.82 Å².